The Morgan fingerprint density at radius 3 is 2.39 bits per heavy atom. The quantitative estimate of drug-likeness (QED) is 0.200. The molecule has 1 amide bonds. The van der Waals surface area contributed by atoms with Gasteiger partial charge in [-0.2, -0.15) is 0 Å². The summed E-state index contributed by atoms with van der Waals surface area (Å²) >= 11 is 0. The van der Waals surface area contributed by atoms with Crippen LogP contribution >= 0.6 is 0 Å². The normalized spacial score (nSPS) is 12.1. The highest BCUT2D eigenvalue weighted by Crippen LogP contribution is 2.33. The number of anilines is 2. The van der Waals surface area contributed by atoms with Gasteiger partial charge in [0.15, 0.2) is 11.5 Å². The number of pyridine rings is 1. The summed E-state index contributed by atoms with van der Waals surface area (Å²) in [6.45, 7) is 5.89. The number of nitrogens with one attached hydrogen (secondary N) is 2. The van der Waals surface area contributed by atoms with E-state index in [0.29, 0.717) is 35.2 Å². The Bertz CT molecular complexity index is 1690. The summed E-state index contributed by atoms with van der Waals surface area (Å²) in [4.78, 5) is 28.6. The number of hydrogen-bond donors (Lipinski definition) is 4. The lowest BCUT2D eigenvalue weighted by molar-refractivity contribution is -0.120. The smallest absolute Gasteiger partial charge is 0.335 e. The molecule has 5 N–H and O–H groups in total. The number of nitrogen functional groups attached to an aromatic ring is 1. The minimum atomic E-state index is -4.35. The molecule has 11 nitrogen and oxygen atoms in total. The van der Waals surface area contributed by atoms with E-state index in [1.165, 1.54) is 0 Å². The Balaban J connectivity index is 1.73. The molecule has 1 unspecified atom stereocenters. The molecule has 0 saturated carbocycles. The molecule has 1 heterocycles. The Morgan fingerprint density at radius 2 is 1.73 bits per heavy atom. The number of nitrogens with two attached hydrogens (primary N) is 1. The molecule has 0 fully saturated rings. The molecule has 3 aromatic carbocycles. The maximum Gasteiger partial charge on any atom is 0.335 e. The fourth-order valence-corrected chi connectivity index (χ4v) is 5.10. The zero-order valence-electron chi connectivity index (χ0n) is 22.6. The van der Waals surface area contributed by atoms with Crippen molar-refractivity contribution >= 4 is 44.2 Å². The SMILES string of the molecule is CCOc1cc(C(Nc2ccc3c(N)nccc3c2)C(=O)NS(=O)(=O)c2ccc(C(=O)O)cc2)ccc1OC(C)C. The van der Waals surface area contributed by atoms with E-state index in [9.17, 15) is 18.0 Å². The van der Waals surface area contributed by atoms with Crippen LogP contribution in [0.4, 0.5) is 11.5 Å². The first-order valence-corrected chi connectivity index (χ1v) is 14.2. The van der Waals surface area contributed by atoms with Gasteiger partial charge in [-0.05, 0) is 92.4 Å². The number of rotatable bonds is 11. The van der Waals surface area contributed by atoms with E-state index < -0.39 is 27.9 Å². The van der Waals surface area contributed by atoms with Crippen molar-refractivity contribution in [3.63, 3.8) is 0 Å². The predicted octanol–water partition coefficient (Wildman–Crippen LogP) is 4.36. The number of nitrogens with zero attached hydrogens (tertiary/aromatic N) is 1. The zero-order chi connectivity index (χ0) is 29.7. The number of carbonyl (C=O) groups excluding carboxylic acids is 1. The summed E-state index contributed by atoms with van der Waals surface area (Å²) in [5.74, 6) is -0.857. The highest BCUT2D eigenvalue weighted by atomic mass is 32.2. The van der Waals surface area contributed by atoms with E-state index in [2.05, 4.69) is 15.0 Å². The number of benzene rings is 3. The number of amides is 1. The number of aromatic nitrogens is 1. The number of fused-ring (bicyclic) bond motifs is 1. The first-order chi connectivity index (χ1) is 19.5. The third-order valence-corrected chi connectivity index (χ3v) is 7.34. The van der Waals surface area contributed by atoms with Gasteiger partial charge in [-0.15, -0.1) is 0 Å². The van der Waals surface area contributed by atoms with Crippen molar-refractivity contribution in [1.82, 2.24) is 9.71 Å². The molecule has 0 aliphatic rings. The minimum absolute atomic E-state index is 0.0888. The van der Waals surface area contributed by atoms with Gasteiger partial charge in [0.05, 0.1) is 23.2 Å². The molecule has 0 aliphatic carbocycles. The third-order valence-electron chi connectivity index (χ3n) is 5.98. The van der Waals surface area contributed by atoms with Crippen LogP contribution in [0.25, 0.3) is 10.8 Å². The van der Waals surface area contributed by atoms with Crippen molar-refractivity contribution in [3.8, 4) is 11.5 Å². The first-order valence-electron chi connectivity index (χ1n) is 12.7. The van der Waals surface area contributed by atoms with Crippen molar-refractivity contribution in [3.05, 3.63) is 84.1 Å². The second-order valence-corrected chi connectivity index (χ2v) is 11.0. The van der Waals surface area contributed by atoms with Crippen LogP contribution in [0.1, 0.15) is 42.7 Å². The van der Waals surface area contributed by atoms with Gasteiger partial charge in [-0.3, -0.25) is 4.79 Å². The van der Waals surface area contributed by atoms with Crippen LogP contribution in [0.3, 0.4) is 0 Å². The Labute approximate surface area is 237 Å². The number of sulfonamides is 1. The van der Waals surface area contributed by atoms with Gasteiger partial charge >= 0.3 is 5.97 Å². The van der Waals surface area contributed by atoms with E-state index >= 15 is 0 Å². The molecule has 4 aromatic rings. The average molecular weight is 579 g/mol. The average Bonchev–Trinajstić information content (AvgIpc) is 2.92. The molecule has 0 radical (unpaired) electrons. The molecule has 1 aromatic heterocycles. The van der Waals surface area contributed by atoms with Crippen molar-refractivity contribution in [2.75, 3.05) is 17.7 Å². The summed E-state index contributed by atoms with van der Waals surface area (Å²) < 4.78 is 39.9. The van der Waals surface area contributed by atoms with Crippen LogP contribution in [0.2, 0.25) is 0 Å². The fraction of sp³-hybridized carbons (Fsp3) is 0.207. The lowest BCUT2D eigenvalue weighted by Crippen LogP contribution is -2.37. The van der Waals surface area contributed by atoms with Gasteiger partial charge in [0.25, 0.3) is 15.9 Å². The summed E-state index contributed by atoms with van der Waals surface area (Å²) in [7, 11) is -4.35. The lowest BCUT2D eigenvalue weighted by Gasteiger charge is -2.22. The van der Waals surface area contributed by atoms with Crippen molar-refractivity contribution in [2.45, 2.75) is 37.8 Å². The van der Waals surface area contributed by atoms with Crippen LogP contribution in [0.15, 0.2) is 77.8 Å². The first kappa shape index (κ1) is 29.2. The standard InChI is InChI=1S/C29H30N4O7S/c1-4-39-25-16-20(7-12-24(25)40-17(2)3)26(32-21-8-11-23-19(15-21)13-14-31-27(23)30)28(34)33-41(37,38)22-9-5-18(6-10-22)29(35)36/h5-17,26,32H,4H2,1-3H3,(H2,30,31)(H,33,34)(H,35,36). The molecule has 1 atom stereocenters. The number of ether oxygens (including phenoxy) is 2. The molecule has 0 saturated heterocycles. The second kappa shape index (κ2) is 12.1. The van der Waals surface area contributed by atoms with Crippen LogP contribution in [0, 0.1) is 0 Å². The molecular weight excluding hydrogens is 548 g/mol. The maximum absolute atomic E-state index is 13.6. The van der Waals surface area contributed by atoms with Crippen molar-refractivity contribution in [2.24, 2.45) is 0 Å². The van der Waals surface area contributed by atoms with Crippen molar-refractivity contribution in [1.29, 1.82) is 0 Å². The number of hydrogen-bond acceptors (Lipinski definition) is 9. The number of carboxylic acid groups (broad SMARTS) is 1. The van der Waals surface area contributed by atoms with Crippen LogP contribution in [0.5, 0.6) is 11.5 Å². The number of carboxylic acids is 1. The molecule has 4 rings (SSSR count). The Hall–Kier alpha value is -4.84. The summed E-state index contributed by atoms with van der Waals surface area (Å²) in [5.41, 5.74) is 6.81. The molecular formula is C29H30N4O7S. The minimum Gasteiger partial charge on any atom is -0.490 e. The highest BCUT2D eigenvalue weighted by molar-refractivity contribution is 7.90. The molecule has 12 heteroatoms. The zero-order valence-corrected chi connectivity index (χ0v) is 23.4. The van der Waals surface area contributed by atoms with Gasteiger partial charge in [-0.1, -0.05) is 6.07 Å². The summed E-state index contributed by atoms with van der Waals surface area (Å²) in [6, 6.07) is 15.3. The molecule has 0 spiro atoms. The third kappa shape index (κ3) is 6.84. The Kier molecular flexibility index (Phi) is 8.62. The maximum atomic E-state index is 13.6. The monoisotopic (exact) mass is 578 g/mol. The Morgan fingerprint density at radius 1 is 1.00 bits per heavy atom. The summed E-state index contributed by atoms with van der Waals surface area (Å²) in [6.07, 6.45) is 1.44. The highest BCUT2D eigenvalue weighted by Gasteiger charge is 2.28. The number of aromatic carboxylic acids is 1. The topological polar surface area (TPSA) is 170 Å². The van der Waals surface area contributed by atoms with E-state index in [0.717, 1.165) is 35.0 Å². The lowest BCUT2D eigenvalue weighted by atomic mass is 10.0. The predicted molar refractivity (Wildman–Crippen MR) is 155 cm³/mol. The van der Waals surface area contributed by atoms with Gasteiger partial charge in [0.2, 0.25) is 0 Å². The second-order valence-electron chi connectivity index (χ2n) is 9.31. The van der Waals surface area contributed by atoms with Gasteiger partial charge in [-0.25, -0.2) is 22.9 Å². The largest absolute Gasteiger partial charge is 0.490 e. The van der Waals surface area contributed by atoms with E-state index in [1.54, 1.807) is 48.7 Å². The van der Waals surface area contributed by atoms with E-state index in [4.69, 9.17) is 20.3 Å². The molecule has 0 bridgehead atoms. The van der Waals surface area contributed by atoms with Gasteiger partial charge < -0.3 is 25.6 Å². The van der Waals surface area contributed by atoms with Crippen molar-refractivity contribution < 1.29 is 32.6 Å². The fourth-order valence-electron chi connectivity index (χ4n) is 4.11. The van der Waals surface area contributed by atoms with Gasteiger partial charge in [0, 0.05) is 17.3 Å². The number of carbonyl (C=O) groups is 2. The van der Waals surface area contributed by atoms with E-state index in [1.807, 2.05) is 20.8 Å². The van der Waals surface area contributed by atoms with E-state index in [-0.39, 0.29) is 16.6 Å². The van der Waals surface area contributed by atoms with Crippen LogP contribution in [-0.4, -0.2) is 43.1 Å². The van der Waals surface area contributed by atoms with Crippen LogP contribution < -0.4 is 25.2 Å². The molecule has 41 heavy (non-hydrogen) atoms. The van der Waals surface area contributed by atoms with Crippen LogP contribution in [-0.2, 0) is 14.8 Å². The molecule has 0 aliphatic heterocycles. The molecule has 214 valence electrons. The van der Waals surface area contributed by atoms with Gasteiger partial charge in [0.1, 0.15) is 11.9 Å². The summed E-state index contributed by atoms with van der Waals surface area (Å²) in [5, 5.41) is 13.7.